The lowest BCUT2D eigenvalue weighted by Gasteiger charge is -2.29. The number of benzene rings is 1. The Morgan fingerprint density at radius 1 is 1.26 bits per heavy atom. The first-order valence-corrected chi connectivity index (χ1v) is 9.01. The molecule has 0 unspecified atom stereocenters. The third-order valence-electron chi connectivity index (χ3n) is 4.62. The number of nitrogens with zero attached hydrogens (tertiary/aromatic N) is 3. The molecule has 0 aliphatic heterocycles. The van der Waals surface area contributed by atoms with E-state index in [1.807, 2.05) is 0 Å². The summed E-state index contributed by atoms with van der Waals surface area (Å²) in [6.45, 7) is 1.59. The van der Waals surface area contributed by atoms with E-state index < -0.39 is 4.92 Å². The lowest BCUT2D eigenvalue weighted by Crippen LogP contribution is -2.40. The quantitative estimate of drug-likeness (QED) is 0.618. The van der Waals surface area contributed by atoms with Crippen molar-refractivity contribution in [1.82, 2.24) is 15.3 Å². The topological polar surface area (TPSA) is 107 Å². The summed E-state index contributed by atoms with van der Waals surface area (Å²) in [6, 6.07) is 4.82. The third-order valence-corrected chi connectivity index (χ3v) is 4.82. The highest BCUT2D eigenvalue weighted by Gasteiger charge is 2.26. The Kier molecular flexibility index (Phi) is 5.85. The van der Waals surface area contributed by atoms with Crippen LogP contribution in [-0.4, -0.2) is 32.9 Å². The van der Waals surface area contributed by atoms with E-state index in [0.717, 1.165) is 25.7 Å². The van der Waals surface area contributed by atoms with Crippen LogP contribution in [0, 0.1) is 17.0 Å². The van der Waals surface area contributed by atoms with Crippen molar-refractivity contribution < 1.29 is 14.5 Å². The summed E-state index contributed by atoms with van der Waals surface area (Å²) in [5.74, 6) is -0.290. The number of nitro benzene ring substituents is 1. The van der Waals surface area contributed by atoms with Crippen molar-refractivity contribution >= 4 is 23.2 Å². The van der Waals surface area contributed by atoms with E-state index in [-0.39, 0.29) is 23.7 Å². The number of halogens is 1. The molecule has 27 heavy (non-hydrogen) atoms. The number of carbonyl (C=O) groups is 1. The van der Waals surface area contributed by atoms with Crippen molar-refractivity contribution in [2.75, 3.05) is 0 Å². The Morgan fingerprint density at radius 3 is 2.56 bits per heavy atom. The number of amides is 1. The molecule has 0 bridgehead atoms. The van der Waals surface area contributed by atoms with Gasteiger partial charge in [0, 0.05) is 23.2 Å². The van der Waals surface area contributed by atoms with Gasteiger partial charge in [0.05, 0.1) is 22.3 Å². The largest absolute Gasteiger partial charge is 0.460 e. The van der Waals surface area contributed by atoms with Crippen LogP contribution in [0.25, 0.3) is 0 Å². The summed E-state index contributed by atoms with van der Waals surface area (Å²) >= 11 is 5.75. The highest BCUT2D eigenvalue weighted by atomic mass is 35.5. The van der Waals surface area contributed by atoms with E-state index in [4.69, 9.17) is 16.3 Å². The van der Waals surface area contributed by atoms with Crippen LogP contribution in [0.2, 0.25) is 5.02 Å². The molecule has 1 fully saturated rings. The van der Waals surface area contributed by atoms with E-state index in [1.54, 1.807) is 13.0 Å². The van der Waals surface area contributed by atoms with Crippen LogP contribution in [0.3, 0.4) is 0 Å². The fourth-order valence-electron chi connectivity index (χ4n) is 3.17. The first kappa shape index (κ1) is 19.0. The summed E-state index contributed by atoms with van der Waals surface area (Å²) in [4.78, 5) is 31.1. The zero-order valence-corrected chi connectivity index (χ0v) is 15.5. The van der Waals surface area contributed by atoms with Gasteiger partial charge < -0.3 is 10.1 Å². The molecule has 1 aromatic heterocycles. The van der Waals surface area contributed by atoms with Gasteiger partial charge in [0.2, 0.25) is 0 Å². The van der Waals surface area contributed by atoms with E-state index in [1.165, 1.54) is 24.5 Å². The van der Waals surface area contributed by atoms with Crippen LogP contribution < -0.4 is 10.1 Å². The second-order valence-electron chi connectivity index (χ2n) is 6.46. The number of aromatic nitrogens is 2. The molecule has 0 saturated heterocycles. The van der Waals surface area contributed by atoms with Crippen LogP contribution in [0.5, 0.6) is 6.01 Å². The predicted octanol–water partition coefficient (Wildman–Crippen LogP) is 3.47. The van der Waals surface area contributed by atoms with Crippen molar-refractivity contribution in [2.45, 2.75) is 44.8 Å². The average Bonchev–Trinajstić information content (AvgIpc) is 2.65. The van der Waals surface area contributed by atoms with E-state index in [0.29, 0.717) is 22.2 Å². The molecule has 0 spiro atoms. The smallest absolute Gasteiger partial charge is 0.316 e. The maximum absolute atomic E-state index is 12.5. The van der Waals surface area contributed by atoms with Crippen molar-refractivity contribution in [3.63, 3.8) is 0 Å². The number of rotatable bonds is 5. The minimum Gasteiger partial charge on any atom is -0.460 e. The van der Waals surface area contributed by atoms with E-state index in [2.05, 4.69) is 15.3 Å². The van der Waals surface area contributed by atoms with Gasteiger partial charge in [-0.15, -0.1) is 0 Å². The van der Waals surface area contributed by atoms with Crippen molar-refractivity contribution in [3.8, 4) is 6.01 Å². The normalized spacial score (nSPS) is 19.3. The second kappa shape index (κ2) is 8.30. The van der Waals surface area contributed by atoms with E-state index in [9.17, 15) is 14.9 Å². The fourth-order valence-corrected chi connectivity index (χ4v) is 3.26. The Bertz CT molecular complexity index is 836. The summed E-state index contributed by atoms with van der Waals surface area (Å²) < 4.78 is 5.74. The van der Waals surface area contributed by atoms with Gasteiger partial charge in [-0.1, -0.05) is 17.7 Å². The number of carbonyl (C=O) groups excluding carboxylic acids is 1. The van der Waals surface area contributed by atoms with Crippen LogP contribution >= 0.6 is 11.6 Å². The minimum atomic E-state index is -0.479. The zero-order chi connectivity index (χ0) is 19.4. The lowest BCUT2D eigenvalue weighted by molar-refractivity contribution is -0.385. The fraction of sp³-hybridized carbons (Fsp3) is 0.389. The Hall–Kier alpha value is -2.74. The summed E-state index contributed by atoms with van der Waals surface area (Å²) in [7, 11) is 0. The molecular formula is C18H19ClN4O4. The number of hydrogen-bond acceptors (Lipinski definition) is 6. The van der Waals surface area contributed by atoms with Crippen molar-refractivity contribution in [3.05, 3.63) is 56.9 Å². The number of nitrogens with one attached hydrogen (secondary N) is 1. The van der Waals surface area contributed by atoms with Gasteiger partial charge in [0.1, 0.15) is 6.10 Å². The standard InChI is InChI=1S/C18H19ClN4O4/c1-11-15(3-2-4-16(11)23(25)26)17(24)22-13-5-7-14(8-6-13)27-18-20-9-12(19)10-21-18/h2-4,9-10,13-14H,5-8H2,1H3,(H,22,24). The van der Waals surface area contributed by atoms with Crippen LogP contribution in [-0.2, 0) is 0 Å². The summed E-state index contributed by atoms with van der Waals surface area (Å²) in [5, 5.41) is 14.5. The molecule has 1 aliphatic carbocycles. The van der Waals surface area contributed by atoms with E-state index >= 15 is 0 Å². The number of nitro groups is 1. The van der Waals surface area contributed by atoms with Gasteiger partial charge in [0.25, 0.3) is 11.6 Å². The van der Waals surface area contributed by atoms with Gasteiger partial charge in [-0.3, -0.25) is 14.9 Å². The van der Waals surface area contributed by atoms with Crippen molar-refractivity contribution in [2.24, 2.45) is 0 Å². The Morgan fingerprint density at radius 2 is 1.93 bits per heavy atom. The molecule has 9 heteroatoms. The lowest BCUT2D eigenvalue weighted by atomic mass is 9.92. The molecule has 1 N–H and O–H groups in total. The summed E-state index contributed by atoms with van der Waals surface area (Å²) in [6.07, 6.45) is 5.96. The first-order chi connectivity index (χ1) is 12.9. The molecule has 1 heterocycles. The molecule has 1 amide bonds. The predicted molar refractivity (Wildman–Crippen MR) is 99.0 cm³/mol. The van der Waals surface area contributed by atoms with Crippen molar-refractivity contribution in [1.29, 1.82) is 0 Å². The Labute approximate surface area is 161 Å². The maximum Gasteiger partial charge on any atom is 0.316 e. The Balaban J connectivity index is 1.54. The molecule has 3 rings (SSSR count). The monoisotopic (exact) mass is 390 g/mol. The van der Waals surface area contributed by atoms with Gasteiger partial charge in [0.15, 0.2) is 0 Å². The minimum absolute atomic E-state index is 0.00199. The molecule has 1 aromatic carbocycles. The molecule has 2 aromatic rings. The van der Waals surface area contributed by atoms with Gasteiger partial charge in [-0.2, -0.15) is 0 Å². The molecule has 142 valence electrons. The molecule has 8 nitrogen and oxygen atoms in total. The highest BCUT2D eigenvalue weighted by molar-refractivity contribution is 6.30. The number of ether oxygens (including phenoxy) is 1. The molecular weight excluding hydrogens is 372 g/mol. The van der Waals surface area contributed by atoms with Crippen LogP contribution in [0.15, 0.2) is 30.6 Å². The van der Waals surface area contributed by atoms with Gasteiger partial charge in [-0.25, -0.2) is 9.97 Å². The summed E-state index contributed by atoms with van der Waals surface area (Å²) in [5.41, 5.74) is 0.650. The second-order valence-corrected chi connectivity index (χ2v) is 6.89. The molecule has 1 saturated carbocycles. The van der Waals surface area contributed by atoms with Gasteiger partial charge >= 0.3 is 6.01 Å². The SMILES string of the molecule is Cc1c(C(=O)NC2CCC(Oc3ncc(Cl)cn3)CC2)cccc1[N+](=O)[O-]. The molecule has 0 atom stereocenters. The first-order valence-electron chi connectivity index (χ1n) is 8.63. The zero-order valence-electron chi connectivity index (χ0n) is 14.7. The maximum atomic E-state index is 12.5. The molecule has 1 aliphatic rings. The third kappa shape index (κ3) is 4.71. The number of hydrogen-bond donors (Lipinski definition) is 1. The van der Waals surface area contributed by atoms with Crippen LogP contribution in [0.4, 0.5) is 5.69 Å². The highest BCUT2D eigenvalue weighted by Crippen LogP contribution is 2.24. The van der Waals surface area contributed by atoms with Gasteiger partial charge in [-0.05, 0) is 38.7 Å². The van der Waals surface area contributed by atoms with Crippen LogP contribution in [0.1, 0.15) is 41.6 Å². The molecule has 0 radical (unpaired) electrons. The average molecular weight is 391 g/mol.